The number of imidazole rings is 1. The normalized spacial score (nSPS) is 21.1. The van der Waals surface area contributed by atoms with E-state index in [1.807, 2.05) is 0 Å². The number of pyridine rings is 1. The molecule has 2 N–H and O–H groups in total. The van der Waals surface area contributed by atoms with Crippen molar-refractivity contribution in [1.29, 1.82) is 0 Å². The number of hydrogen-bond acceptors (Lipinski definition) is 3. The van der Waals surface area contributed by atoms with E-state index in [9.17, 15) is 0 Å². The van der Waals surface area contributed by atoms with Crippen molar-refractivity contribution in [3.63, 3.8) is 0 Å². The Labute approximate surface area is 114 Å². The van der Waals surface area contributed by atoms with Gasteiger partial charge in [-0.1, -0.05) is 13.0 Å². The van der Waals surface area contributed by atoms with E-state index in [2.05, 4.69) is 40.8 Å². The number of hydrogen-bond donors (Lipinski definition) is 1. The summed E-state index contributed by atoms with van der Waals surface area (Å²) in [5.74, 6) is 0.579. The average Bonchev–Trinajstić information content (AvgIpc) is 2.90. The van der Waals surface area contributed by atoms with E-state index in [1.54, 1.807) is 0 Å². The van der Waals surface area contributed by atoms with Gasteiger partial charge in [0, 0.05) is 31.4 Å². The molecule has 0 amide bonds. The van der Waals surface area contributed by atoms with E-state index in [1.165, 1.54) is 25.1 Å². The van der Waals surface area contributed by atoms with Gasteiger partial charge in [-0.15, -0.1) is 0 Å². The minimum Gasteiger partial charge on any atom is -0.326 e. The van der Waals surface area contributed by atoms with Crippen molar-refractivity contribution in [1.82, 2.24) is 14.3 Å². The first-order valence-corrected chi connectivity index (χ1v) is 7.20. The van der Waals surface area contributed by atoms with Crippen LogP contribution < -0.4 is 5.73 Å². The van der Waals surface area contributed by atoms with Crippen LogP contribution in [0.25, 0.3) is 5.65 Å². The van der Waals surface area contributed by atoms with Gasteiger partial charge in [-0.2, -0.15) is 0 Å². The molecule has 1 atom stereocenters. The van der Waals surface area contributed by atoms with Gasteiger partial charge in [-0.3, -0.25) is 0 Å². The molecule has 102 valence electrons. The third-order valence-corrected chi connectivity index (χ3v) is 4.14. The number of rotatable bonds is 3. The Morgan fingerprint density at radius 2 is 2.26 bits per heavy atom. The molecule has 0 aromatic carbocycles. The highest BCUT2D eigenvalue weighted by Crippen LogP contribution is 2.26. The molecule has 2 aromatic heterocycles. The van der Waals surface area contributed by atoms with Gasteiger partial charge >= 0.3 is 0 Å². The number of nitrogens with zero attached hydrogens (tertiary/aromatic N) is 3. The molecular weight excluding hydrogens is 236 g/mol. The minimum absolute atomic E-state index is 0.579. The number of piperidine rings is 1. The smallest absolute Gasteiger partial charge is 0.137 e. The van der Waals surface area contributed by atoms with Crippen LogP contribution in [0.5, 0.6) is 0 Å². The maximum atomic E-state index is 5.69. The monoisotopic (exact) mass is 258 g/mol. The zero-order valence-corrected chi connectivity index (χ0v) is 11.5. The van der Waals surface area contributed by atoms with Crippen molar-refractivity contribution in [2.24, 2.45) is 5.73 Å². The van der Waals surface area contributed by atoms with Gasteiger partial charge in [0.1, 0.15) is 5.65 Å². The lowest BCUT2D eigenvalue weighted by molar-refractivity contribution is 0.216. The SMILES string of the molecule is CCN1CCCC(c2cn3cc(CN)ccc3n2)C1. The fourth-order valence-corrected chi connectivity index (χ4v) is 2.96. The Kier molecular flexibility index (Phi) is 3.53. The minimum atomic E-state index is 0.579. The number of fused-ring (bicyclic) bond motifs is 1. The summed E-state index contributed by atoms with van der Waals surface area (Å²) in [7, 11) is 0. The number of aromatic nitrogens is 2. The van der Waals surface area contributed by atoms with Crippen molar-refractivity contribution in [2.45, 2.75) is 32.2 Å². The summed E-state index contributed by atoms with van der Waals surface area (Å²) in [4.78, 5) is 7.29. The average molecular weight is 258 g/mol. The van der Waals surface area contributed by atoms with Crippen LogP contribution in [0.4, 0.5) is 0 Å². The van der Waals surface area contributed by atoms with E-state index in [0.717, 1.165) is 24.3 Å². The molecule has 1 saturated heterocycles. The molecule has 0 aliphatic carbocycles. The molecule has 19 heavy (non-hydrogen) atoms. The van der Waals surface area contributed by atoms with Crippen LogP contribution in [0, 0.1) is 0 Å². The molecule has 4 heteroatoms. The molecule has 1 aliphatic heterocycles. The van der Waals surface area contributed by atoms with E-state index in [0.29, 0.717) is 12.5 Å². The predicted octanol–water partition coefficient (Wildman–Crippen LogP) is 1.99. The number of likely N-dealkylation sites (N-methyl/N-ethyl adjacent to an activating group) is 1. The van der Waals surface area contributed by atoms with Crippen LogP contribution in [0.2, 0.25) is 0 Å². The van der Waals surface area contributed by atoms with Gasteiger partial charge in [0.2, 0.25) is 0 Å². The molecule has 2 aromatic rings. The second-order valence-corrected chi connectivity index (χ2v) is 5.41. The molecule has 0 radical (unpaired) electrons. The molecule has 1 unspecified atom stereocenters. The maximum absolute atomic E-state index is 5.69. The van der Waals surface area contributed by atoms with Crippen molar-refractivity contribution < 1.29 is 0 Å². The first-order valence-electron chi connectivity index (χ1n) is 7.20. The highest BCUT2D eigenvalue weighted by Gasteiger charge is 2.22. The van der Waals surface area contributed by atoms with Gasteiger partial charge in [0.15, 0.2) is 0 Å². The van der Waals surface area contributed by atoms with Crippen molar-refractivity contribution in [3.05, 3.63) is 35.8 Å². The number of likely N-dealkylation sites (tertiary alicyclic amines) is 1. The quantitative estimate of drug-likeness (QED) is 0.916. The lowest BCUT2D eigenvalue weighted by atomic mass is 9.95. The summed E-state index contributed by atoms with van der Waals surface area (Å²) in [5.41, 5.74) is 9.09. The van der Waals surface area contributed by atoms with Crippen LogP contribution in [-0.2, 0) is 6.54 Å². The fourth-order valence-electron chi connectivity index (χ4n) is 2.96. The summed E-state index contributed by atoms with van der Waals surface area (Å²) >= 11 is 0. The molecule has 1 aliphatic rings. The number of nitrogens with two attached hydrogens (primary N) is 1. The Hall–Kier alpha value is -1.39. The Morgan fingerprint density at radius 1 is 1.37 bits per heavy atom. The second-order valence-electron chi connectivity index (χ2n) is 5.41. The van der Waals surface area contributed by atoms with Crippen molar-refractivity contribution in [3.8, 4) is 0 Å². The third-order valence-electron chi connectivity index (χ3n) is 4.14. The van der Waals surface area contributed by atoms with E-state index < -0.39 is 0 Å². The fraction of sp³-hybridized carbons (Fsp3) is 0.533. The van der Waals surface area contributed by atoms with Crippen LogP contribution >= 0.6 is 0 Å². The third kappa shape index (κ3) is 2.51. The molecule has 3 rings (SSSR count). The van der Waals surface area contributed by atoms with Gasteiger partial charge < -0.3 is 15.0 Å². The van der Waals surface area contributed by atoms with Crippen molar-refractivity contribution in [2.75, 3.05) is 19.6 Å². The summed E-state index contributed by atoms with van der Waals surface area (Å²) in [6.07, 6.45) is 6.80. The van der Waals surface area contributed by atoms with Crippen LogP contribution in [-0.4, -0.2) is 33.9 Å². The Morgan fingerprint density at radius 3 is 3.05 bits per heavy atom. The zero-order chi connectivity index (χ0) is 13.2. The molecule has 1 fully saturated rings. The molecule has 3 heterocycles. The maximum Gasteiger partial charge on any atom is 0.137 e. The highest BCUT2D eigenvalue weighted by molar-refractivity contribution is 5.42. The summed E-state index contributed by atoms with van der Waals surface area (Å²) in [5, 5.41) is 0. The topological polar surface area (TPSA) is 46.6 Å². The van der Waals surface area contributed by atoms with E-state index in [-0.39, 0.29) is 0 Å². The molecule has 4 nitrogen and oxygen atoms in total. The molecule has 0 saturated carbocycles. The van der Waals surface area contributed by atoms with Crippen molar-refractivity contribution >= 4 is 5.65 Å². The first-order chi connectivity index (χ1) is 9.30. The predicted molar refractivity (Wildman–Crippen MR) is 77.2 cm³/mol. The van der Waals surface area contributed by atoms with Gasteiger partial charge in [0.05, 0.1) is 5.69 Å². The molecule has 0 bridgehead atoms. The van der Waals surface area contributed by atoms with Crippen LogP contribution in [0.3, 0.4) is 0 Å². The highest BCUT2D eigenvalue weighted by atomic mass is 15.1. The largest absolute Gasteiger partial charge is 0.326 e. The van der Waals surface area contributed by atoms with E-state index >= 15 is 0 Å². The second kappa shape index (κ2) is 5.31. The first kappa shape index (κ1) is 12.6. The molecule has 0 spiro atoms. The van der Waals surface area contributed by atoms with Crippen LogP contribution in [0.1, 0.15) is 36.9 Å². The standard InChI is InChI=1S/C15H22N4/c1-2-18-7-3-4-13(10-18)14-11-19-9-12(8-16)5-6-15(19)17-14/h5-6,9,11,13H,2-4,7-8,10,16H2,1H3. The Balaban J connectivity index is 1.88. The van der Waals surface area contributed by atoms with Crippen LogP contribution in [0.15, 0.2) is 24.5 Å². The van der Waals surface area contributed by atoms with E-state index in [4.69, 9.17) is 10.7 Å². The molecular formula is C15H22N4. The summed E-state index contributed by atoms with van der Waals surface area (Å²) in [6.45, 7) is 6.33. The van der Waals surface area contributed by atoms with Gasteiger partial charge in [-0.25, -0.2) is 4.98 Å². The lowest BCUT2D eigenvalue weighted by Gasteiger charge is -2.30. The summed E-state index contributed by atoms with van der Waals surface area (Å²) < 4.78 is 2.11. The summed E-state index contributed by atoms with van der Waals surface area (Å²) in [6, 6.07) is 4.12. The Bertz CT molecular complexity index is 560. The zero-order valence-electron chi connectivity index (χ0n) is 11.5. The van der Waals surface area contributed by atoms with Gasteiger partial charge in [0.25, 0.3) is 0 Å². The van der Waals surface area contributed by atoms with Gasteiger partial charge in [-0.05, 0) is 37.6 Å². The lowest BCUT2D eigenvalue weighted by Crippen LogP contribution is -2.34.